The lowest BCUT2D eigenvalue weighted by Crippen LogP contribution is -2.20. The van der Waals surface area contributed by atoms with Crippen molar-refractivity contribution in [3.05, 3.63) is 88.0 Å². The van der Waals surface area contributed by atoms with Gasteiger partial charge in [-0.2, -0.15) is 0 Å². The van der Waals surface area contributed by atoms with E-state index >= 15 is 0 Å². The summed E-state index contributed by atoms with van der Waals surface area (Å²) in [6.45, 7) is 0.103. The molecule has 7 nitrogen and oxygen atoms in total. The second-order valence-electron chi connectivity index (χ2n) is 6.55. The molecular formula is C22H20N2O5. The summed E-state index contributed by atoms with van der Waals surface area (Å²) in [5, 5.41) is 24.9. The fourth-order valence-corrected chi connectivity index (χ4v) is 3.20. The second kappa shape index (κ2) is 9.45. The summed E-state index contributed by atoms with van der Waals surface area (Å²) in [6.07, 6.45) is 1.58. The van der Waals surface area contributed by atoms with E-state index in [2.05, 4.69) is 5.16 Å². The largest absolute Gasteiger partial charge is 0.460 e. The first-order chi connectivity index (χ1) is 14.1. The number of nitrogens with zero attached hydrogens (tertiary/aromatic N) is 2. The van der Waals surface area contributed by atoms with Gasteiger partial charge in [-0.15, -0.1) is 5.16 Å². The third kappa shape index (κ3) is 4.95. The van der Waals surface area contributed by atoms with Crippen molar-refractivity contribution in [1.29, 1.82) is 0 Å². The summed E-state index contributed by atoms with van der Waals surface area (Å²) < 4.78 is 5.30. The Labute approximate surface area is 167 Å². The van der Waals surface area contributed by atoms with Gasteiger partial charge < -0.3 is 9.94 Å². The van der Waals surface area contributed by atoms with Crippen molar-refractivity contribution >= 4 is 28.6 Å². The molecule has 1 atom stereocenters. The number of carbonyl (C=O) groups is 1. The van der Waals surface area contributed by atoms with Crippen LogP contribution in [0.15, 0.2) is 71.9 Å². The normalized spacial score (nSPS) is 12.1. The Balaban J connectivity index is 1.74. The Bertz CT molecular complexity index is 1030. The lowest BCUT2D eigenvalue weighted by atomic mass is 9.96. The Kier molecular flexibility index (Phi) is 6.52. The van der Waals surface area contributed by atoms with Crippen LogP contribution < -0.4 is 0 Å². The third-order valence-electron chi connectivity index (χ3n) is 4.66. The van der Waals surface area contributed by atoms with Crippen molar-refractivity contribution < 1.29 is 19.7 Å². The van der Waals surface area contributed by atoms with Crippen LogP contribution >= 0.6 is 0 Å². The van der Waals surface area contributed by atoms with Gasteiger partial charge in [-0.05, 0) is 29.9 Å². The molecule has 7 heteroatoms. The molecule has 1 unspecified atom stereocenters. The van der Waals surface area contributed by atoms with Crippen LogP contribution in [0.1, 0.15) is 17.5 Å². The fourth-order valence-electron chi connectivity index (χ4n) is 3.20. The number of rotatable bonds is 8. The molecule has 29 heavy (non-hydrogen) atoms. The van der Waals surface area contributed by atoms with Crippen molar-refractivity contribution in [2.75, 3.05) is 0 Å². The minimum atomic E-state index is -0.810. The first kappa shape index (κ1) is 20.0. The highest BCUT2D eigenvalue weighted by atomic mass is 16.6. The number of aryl methyl sites for hydroxylation is 1. The summed E-state index contributed by atoms with van der Waals surface area (Å²) >= 11 is 0. The topological polar surface area (TPSA) is 102 Å². The molecule has 0 saturated heterocycles. The minimum Gasteiger partial charge on any atom is -0.460 e. The first-order valence-electron chi connectivity index (χ1n) is 9.13. The molecule has 0 amide bonds. The summed E-state index contributed by atoms with van der Waals surface area (Å²) in [5.41, 5.74) is 1.38. The average molecular weight is 392 g/mol. The Morgan fingerprint density at radius 2 is 1.83 bits per heavy atom. The molecule has 3 aromatic rings. The maximum atomic E-state index is 12.4. The van der Waals surface area contributed by atoms with Gasteiger partial charge >= 0.3 is 5.97 Å². The van der Waals surface area contributed by atoms with Crippen LogP contribution in [0.2, 0.25) is 0 Å². The van der Waals surface area contributed by atoms with Crippen molar-refractivity contribution in [3.63, 3.8) is 0 Å². The lowest BCUT2D eigenvalue weighted by molar-refractivity contribution is -0.383. The molecule has 0 fully saturated rings. The highest BCUT2D eigenvalue weighted by Gasteiger charge is 2.23. The Morgan fingerprint density at radius 1 is 1.10 bits per heavy atom. The molecule has 0 saturated carbocycles. The quantitative estimate of drug-likeness (QED) is 0.200. The van der Waals surface area contributed by atoms with Crippen LogP contribution in [-0.2, 0) is 22.6 Å². The number of oxime groups is 1. The van der Waals surface area contributed by atoms with Crippen LogP contribution in [0.5, 0.6) is 0 Å². The number of benzene rings is 3. The number of nitro groups is 1. The van der Waals surface area contributed by atoms with Crippen LogP contribution in [0.3, 0.4) is 0 Å². The van der Waals surface area contributed by atoms with E-state index in [9.17, 15) is 14.9 Å². The van der Waals surface area contributed by atoms with E-state index < -0.39 is 16.8 Å². The Morgan fingerprint density at radius 3 is 2.55 bits per heavy atom. The van der Waals surface area contributed by atoms with Gasteiger partial charge in [0.05, 0.1) is 22.4 Å². The second-order valence-corrected chi connectivity index (χ2v) is 6.55. The highest BCUT2D eigenvalue weighted by Crippen LogP contribution is 2.31. The highest BCUT2D eigenvalue weighted by molar-refractivity contribution is 5.92. The molecule has 0 bridgehead atoms. The van der Waals surface area contributed by atoms with E-state index in [0.717, 1.165) is 17.2 Å². The molecule has 0 aliphatic rings. The van der Waals surface area contributed by atoms with Crippen LogP contribution in [-0.4, -0.2) is 22.3 Å². The molecule has 0 radical (unpaired) electrons. The summed E-state index contributed by atoms with van der Waals surface area (Å²) in [7, 11) is 0. The van der Waals surface area contributed by atoms with E-state index in [0.29, 0.717) is 10.9 Å². The summed E-state index contributed by atoms with van der Waals surface area (Å²) in [5.74, 6) is -1.36. The average Bonchev–Trinajstić information content (AvgIpc) is 2.75. The molecule has 0 aliphatic heterocycles. The molecule has 0 aromatic heterocycles. The van der Waals surface area contributed by atoms with Crippen molar-refractivity contribution in [2.45, 2.75) is 19.4 Å². The van der Waals surface area contributed by atoms with Gasteiger partial charge in [0.2, 0.25) is 0 Å². The van der Waals surface area contributed by atoms with E-state index in [-0.39, 0.29) is 25.1 Å². The molecule has 148 valence electrons. The molecule has 3 aromatic carbocycles. The molecule has 3 rings (SSSR count). The molecule has 0 spiro atoms. The summed E-state index contributed by atoms with van der Waals surface area (Å²) in [4.78, 5) is 23.6. The predicted octanol–water partition coefficient (Wildman–Crippen LogP) is 4.50. The van der Waals surface area contributed by atoms with Gasteiger partial charge in [0.1, 0.15) is 6.61 Å². The van der Waals surface area contributed by atoms with E-state index in [4.69, 9.17) is 9.94 Å². The molecule has 0 aliphatic carbocycles. The van der Waals surface area contributed by atoms with Gasteiger partial charge in [0.15, 0.2) is 0 Å². The number of hydrogen-bond acceptors (Lipinski definition) is 6. The van der Waals surface area contributed by atoms with Gasteiger partial charge in [-0.3, -0.25) is 14.9 Å². The van der Waals surface area contributed by atoms with Crippen LogP contribution in [0.4, 0.5) is 5.69 Å². The van der Waals surface area contributed by atoms with Crippen molar-refractivity contribution in [2.24, 2.45) is 11.1 Å². The predicted molar refractivity (Wildman–Crippen MR) is 109 cm³/mol. The third-order valence-corrected chi connectivity index (χ3v) is 4.66. The maximum Gasteiger partial charge on any atom is 0.314 e. The standard InChI is InChI=1S/C22H20N2O5/c25-22(29-15-16-6-2-1-3-7-16)19(14-23-26)13-12-18-11-10-17-8-4-5-9-20(17)21(18)24(27)28/h1-11,14,19,26H,12-13,15H2/b23-14-. The van der Waals surface area contributed by atoms with Crippen molar-refractivity contribution in [3.8, 4) is 0 Å². The fraction of sp³-hybridized carbons (Fsp3) is 0.182. The van der Waals surface area contributed by atoms with E-state index in [1.807, 2.05) is 48.5 Å². The number of ether oxygens (including phenoxy) is 1. The minimum absolute atomic E-state index is 0.0282. The van der Waals surface area contributed by atoms with Gasteiger partial charge in [-0.1, -0.05) is 60.7 Å². The molecular weight excluding hydrogens is 372 g/mol. The van der Waals surface area contributed by atoms with E-state index in [1.54, 1.807) is 18.2 Å². The number of esters is 1. The number of nitro benzene ring substituents is 1. The molecule has 1 N–H and O–H groups in total. The SMILES string of the molecule is O=C(OCc1ccccc1)C(/C=N\O)CCc1ccc2ccccc2c1[N+](=O)[O-]. The van der Waals surface area contributed by atoms with Gasteiger partial charge in [-0.25, -0.2) is 0 Å². The zero-order valence-electron chi connectivity index (χ0n) is 15.6. The van der Waals surface area contributed by atoms with Crippen LogP contribution in [0.25, 0.3) is 10.8 Å². The molecule has 0 heterocycles. The zero-order valence-corrected chi connectivity index (χ0v) is 15.6. The van der Waals surface area contributed by atoms with Crippen LogP contribution in [0, 0.1) is 16.0 Å². The first-order valence-corrected chi connectivity index (χ1v) is 9.13. The summed E-state index contributed by atoms with van der Waals surface area (Å²) in [6, 6.07) is 19.8. The number of hydrogen-bond donors (Lipinski definition) is 1. The monoisotopic (exact) mass is 392 g/mol. The smallest absolute Gasteiger partial charge is 0.314 e. The number of carbonyl (C=O) groups excluding carboxylic acids is 1. The van der Waals surface area contributed by atoms with E-state index in [1.165, 1.54) is 0 Å². The Hall–Kier alpha value is -3.74. The van der Waals surface area contributed by atoms with Crippen molar-refractivity contribution in [1.82, 2.24) is 0 Å². The number of fused-ring (bicyclic) bond motifs is 1. The maximum absolute atomic E-state index is 12.4. The van der Waals surface area contributed by atoms with Gasteiger partial charge in [0, 0.05) is 5.56 Å². The lowest BCUT2D eigenvalue weighted by Gasteiger charge is -2.12. The van der Waals surface area contributed by atoms with Gasteiger partial charge in [0.25, 0.3) is 5.69 Å². The zero-order chi connectivity index (χ0) is 20.6.